The average Bonchev–Trinajstić information content (AvgIpc) is 2.81. The van der Waals surface area contributed by atoms with E-state index in [0.717, 1.165) is 5.69 Å². The second kappa shape index (κ2) is 5.44. The zero-order chi connectivity index (χ0) is 14.9. The van der Waals surface area contributed by atoms with Crippen LogP contribution in [0.3, 0.4) is 0 Å². The summed E-state index contributed by atoms with van der Waals surface area (Å²) in [4.78, 5) is 13.4. The highest BCUT2D eigenvalue weighted by Crippen LogP contribution is 2.29. The van der Waals surface area contributed by atoms with E-state index in [0.29, 0.717) is 18.0 Å². The van der Waals surface area contributed by atoms with Crippen LogP contribution in [0.5, 0.6) is 0 Å². The lowest BCUT2D eigenvalue weighted by Crippen LogP contribution is -2.23. The molecule has 1 heterocycles. The van der Waals surface area contributed by atoms with E-state index in [1.165, 1.54) is 0 Å². The summed E-state index contributed by atoms with van der Waals surface area (Å²) in [5, 5.41) is 9.13. The van der Waals surface area contributed by atoms with Gasteiger partial charge in [0.15, 0.2) is 9.84 Å². The molecule has 1 aromatic carbocycles. The van der Waals surface area contributed by atoms with Crippen LogP contribution >= 0.6 is 0 Å². The van der Waals surface area contributed by atoms with Crippen LogP contribution in [0.1, 0.15) is 13.8 Å². The summed E-state index contributed by atoms with van der Waals surface area (Å²) in [5.41, 5.74) is 0.871. The molecule has 1 N–H and O–H groups in total. The predicted molar refractivity (Wildman–Crippen MR) is 76.7 cm³/mol. The van der Waals surface area contributed by atoms with Crippen molar-refractivity contribution in [3.8, 4) is 0 Å². The van der Waals surface area contributed by atoms with Gasteiger partial charge in [-0.05, 0) is 30.2 Å². The van der Waals surface area contributed by atoms with Gasteiger partial charge in [0.1, 0.15) is 0 Å². The molecule has 0 bridgehead atoms. The molecule has 0 aromatic heterocycles. The van der Waals surface area contributed by atoms with Crippen molar-refractivity contribution in [2.45, 2.75) is 18.7 Å². The quantitative estimate of drug-likeness (QED) is 0.914. The van der Waals surface area contributed by atoms with Gasteiger partial charge >= 0.3 is 5.97 Å². The number of anilines is 1. The fraction of sp³-hybridized carbons (Fsp3) is 0.500. The second-order valence-corrected chi connectivity index (χ2v) is 7.50. The Hall–Kier alpha value is -1.56. The third kappa shape index (κ3) is 2.80. The van der Waals surface area contributed by atoms with Gasteiger partial charge in [0.2, 0.25) is 0 Å². The molecular formula is C14H19NO4S. The maximum atomic E-state index is 11.7. The van der Waals surface area contributed by atoms with E-state index in [-0.39, 0.29) is 17.6 Å². The number of hydrogen-bond donors (Lipinski definition) is 1. The lowest BCUT2D eigenvalue weighted by atomic mass is 9.99. The molecule has 6 heteroatoms. The van der Waals surface area contributed by atoms with Crippen molar-refractivity contribution in [1.82, 2.24) is 0 Å². The Morgan fingerprint density at radius 1 is 1.30 bits per heavy atom. The Morgan fingerprint density at radius 3 is 2.35 bits per heavy atom. The van der Waals surface area contributed by atoms with Gasteiger partial charge in [-0.15, -0.1) is 0 Å². The molecule has 5 nitrogen and oxygen atoms in total. The largest absolute Gasteiger partial charge is 0.481 e. The first-order valence-electron chi connectivity index (χ1n) is 6.65. The van der Waals surface area contributed by atoms with Gasteiger partial charge in [0, 0.05) is 18.8 Å². The van der Waals surface area contributed by atoms with Gasteiger partial charge in [0.05, 0.1) is 16.6 Å². The zero-order valence-electron chi connectivity index (χ0n) is 11.6. The van der Waals surface area contributed by atoms with Gasteiger partial charge < -0.3 is 10.0 Å². The number of rotatable bonds is 4. The number of aliphatic carboxylic acids is 1. The molecule has 0 saturated carbocycles. The maximum Gasteiger partial charge on any atom is 0.308 e. The van der Waals surface area contributed by atoms with Gasteiger partial charge in [-0.3, -0.25) is 4.79 Å². The van der Waals surface area contributed by atoms with Gasteiger partial charge in [-0.1, -0.05) is 13.8 Å². The minimum absolute atomic E-state index is 0.0776. The number of carboxylic acid groups (broad SMARTS) is 1. The SMILES string of the molecule is CCS(=O)(=O)c1ccc(N2C[C@@H](C)[C@H](C(=O)O)C2)cc1. The zero-order valence-corrected chi connectivity index (χ0v) is 12.4. The van der Waals surface area contributed by atoms with Crippen molar-refractivity contribution >= 4 is 21.5 Å². The molecule has 2 rings (SSSR count). The molecule has 20 heavy (non-hydrogen) atoms. The normalized spacial score (nSPS) is 23.0. The van der Waals surface area contributed by atoms with Crippen LogP contribution in [0.15, 0.2) is 29.2 Å². The monoisotopic (exact) mass is 297 g/mol. The van der Waals surface area contributed by atoms with Crippen LogP contribution in [-0.4, -0.2) is 38.3 Å². The van der Waals surface area contributed by atoms with Crippen LogP contribution in [0.2, 0.25) is 0 Å². The first-order valence-corrected chi connectivity index (χ1v) is 8.31. The lowest BCUT2D eigenvalue weighted by molar-refractivity contribution is -0.142. The van der Waals surface area contributed by atoms with E-state index in [2.05, 4.69) is 0 Å². The highest BCUT2D eigenvalue weighted by Gasteiger charge is 2.34. The molecular weight excluding hydrogens is 278 g/mol. The van der Waals surface area contributed by atoms with Crippen molar-refractivity contribution in [3.05, 3.63) is 24.3 Å². The summed E-state index contributed by atoms with van der Waals surface area (Å²) in [6, 6.07) is 6.68. The Bertz CT molecular complexity index is 594. The van der Waals surface area contributed by atoms with Crippen molar-refractivity contribution < 1.29 is 18.3 Å². The Balaban J connectivity index is 2.18. The number of sulfone groups is 1. The van der Waals surface area contributed by atoms with E-state index in [9.17, 15) is 13.2 Å². The Kier molecular flexibility index (Phi) is 4.04. The van der Waals surface area contributed by atoms with Crippen molar-refractivity contribution in [1.29, 1.82) is 0 Å². The molecule has 1 aromatic rings. The molecule has 1 fully saturated rings. The number of nitrogens with zero attached hydrogens (tertiary/aromatic N) is 1. The molecule has 110 valence electrons. The van der Waals surface area contributed by atoms with Crippen LogP contribution in [0.25, 0.3) is 0 Å². The van der Waals surface area contributed by atoms with Gasteiger partial charge in [-0.2, -0.15) is 0 Å². The first-order chi connectivity index (χ1) is 9.35. The maximum absolute atomic E-state index is 11.7. The van der Waals surface area contributed by atoms with Crippen molar-refractivity contribution in [3.63, 3.8) is 0 Å². The Morgan fingerprint density at radius 2 is 1.90 bits per heavy atom. The number of benzene rings is 1. The van der Waals surface area contributed by atoms with E-state index in [1.807, 2.05) is 11.8 Å². The smallest absolute Gasteiger partial charge is 0.308 e. The second-order valence-electron chi connectivity index (χ2n) is 5.22. The first kappa shape index (κ1) is 14.8. The molecule has 0 aliphatic carbocycles. The minimum atomic E-state index is -3.19. The highest BCUT2D eigenvalue weighted by molar-refractivity contribution is 7.91. The summed E-state index contributed by atoms with van der Waals surface area (Å²) >= 11 is 0. The average molecular weight is 297 g/mol. The number of hydrogen-bond acceptors (Lipinski definition) is 4. The molecule has 1 aliphatic heterocycles. The van der Waals surface area contributed by atoms with E-state index < -0.39 is 15.8 Å². The summed E-state index contributed by atoms with van der Waals surface area (Å²) in [5.74, 6) is -0.973. The molecule has 2 atom stereocenters. The van der Waals surface area contributed by atoms with E-state index in [1.54, 1.807) is 31.2 Å². The highest BCUT2D eigenvalue weighted by atomic mass is 32.2. The van der Waals surface area contributed by atoms with Crippen molar-refractivity contribution in [2.75, 3.05) is 23.7 Å². The molecule has 0 amide bonds. The molecule has 0 unspecified atom stereocenters. The van der Waals surface area contributed by atoms with Crippen molar-refractivity contribution in [2.24, 2.45) is 11.8 Å². The summed E-state index contributed by atoms with van der Waals surface area (Å²) in [7, 11) is -3.19. The summed E-state index contributed by atoms with van der Waals surface area (Å²) in [6.07, 6.45) is 0. The fourth-order valence-corrected chi connectivity index (χ4v) is 3.41. The summed E-state index contributed by atoms with van der Waals surface area (Å²) in [6.45, 7) is 4.69. The standard InChI is InChI=1S/C14H19NO4S/c1-3-20(18,19)12-6-4-11(5-7-12)15-8-10(2)13(9-15)14(16)17/h4-7,10,13H,3,8-9H2,1-2H3,(H,16,17)/t10-,13-/m1/s1. The van der Waals surface area contributed by atoms with Gasteiger partial charge in [0.25, 0.3) is 0 Å². The lowest BCUT2D eigenvalue weighted by Gasteiger charge is -2.18. The van der Waals surface area contributed by atoms with Crippen LogP contribution in [0, 0.1) is 11.8 Å². The topological polar surface area (TPSA) is 74.7 Å². The molecule has 1 saturated heterocycles. The third-order valence-electron chi connectivity index (χ3n) is 3.87. The summed E-state index contributed by atoms with van der Waals surface area (Å²) < 4.78 is 23.5. The molecule has 0 radical (unpaired) electrons. The number of carbonyl (C=O) groups is 1. The fourth-order valence-electron chi connectivity index (χ4n) is 2.53. The van der Waals surface area contributed by atoms with Crippen LogP contribution in [0.4, 0.5) is 5.69 Å². The van der Waals surface area contributed by atoms with Crippen LogP contribution in [-0.2, 0) is 14.6 Å². The molecule has 0 spiro atoms. The van der Waals surface area contributed by atoms with E-state index in [4.69, 9.17) is 5.11 Å². The van der Waals surface area contributed by atoms with Gasteiger partial charge in [-0.25, -0.2) is 8.42 Å². The molecule has 1 aliphatic rings. The minimum Gasteiger partial charge on any atom is -0.481 e. The predicted octanol–water partition coefficient (Wildman–Crippen LogP) is 1.64. The van der Waals surface area contributed by atoms with E-state index >= 15 is 0 Å². The third-order valence-corrected chi connectivity index (χ3v) is 5.62. The Labute approximate surface area is 119 Å². The number of carboxylic acids is 1. The van der Waals surface area contributed by atoms with Crippen LogP contribution < -0.4 is 4.90 Å².